The van der Waals surface area contributed by atoms with Gasteiger partial charge in [-0.2, -0.15) is 0 Å². The van der Waals surface area contributed by atoms with Gasteiger partial charge in [0.15, 0.2) is 0 Å². The van der Waals surface area contributed by atoms with Gasteiger partial charge >= 0.3 is 0 Å². The maximum Gasteiger partial charge on any atom is 0.254 e. The Hall–Kier alpha value is -1.66. The number of hydrogen-bond donors (Lipinski definition) is 2. The van der Waals surface area contributed by atoms with Gasteiger partial charge in [0.2, 0.25) is 5.91 Å². The third-order valence-electron chi connectivity index (χ3n) is 3.89. The van der Waals surface area contributed by atoms with Gasteiger partial charge in [-0.05, 0) is 43.5 Å². The van der Waals surface area contributed by atoms with E-state index in [0.29, 0.717) is 31.6 Å². The van der Waals surface area contributed by atoms with E-state index in [4.69, 9.17) is 5.73 Å². The summed E-state index contributed by atoms with van der Waals surface area (Å²) in [5, 5.41) is 2.83. The summed E-state index contributed by atoms with van der Waals surface area (Å²) < 4.78 is 13.0. The smallest absolute Gasteiger partial charge is 0.254 e. The van der Waals surface area contributed by atoms with E-state index in [9.17, 15) is 14.0 Å². The van der Waals surface area contributed by atoms with Crippen molar-refractivity contribution >= 4 is 24.2 Å². The zero-order valence-electron chi connectivity index (χ0n) is 13.0. The monoisotopic (exact) mass is 343 g/mol. The molecule has 1 aromatic rings. The average Bonchev–Trinajstić information content (AvgIpc) is 2.53. The first-order chi connectivity index (χ1) is 10.6. The highest BCUT2D eigenvalue weighted by molar-refractivity contribution is 5.94. The molecule has 1 unspecified atom stereocenters. The van der Waals surface area contributed by atoms with Crippen molar-refractivity contribution in [2.75, 3.05) is 19.6 Å². The maximum atomic E-state index is 13.0. The minimum absolute atomic E-state index is 0. The molecule has 0 spiro atoms. The highest BCUT2D eigenvalue weighted by Crippen LogP contribution is 2.19. The normalized spacial score (nSPS) is 17.3. The molecule has 2 rings (SSSR count). The van der Waals surface area contributed by atoms with Gasteiger partial charge in [-0.25, -0.2) is 4.39 Å². The molecule has 1 aliphatic heterocycles. The molecule has 2 amide bonds. The minimum Gasteiger partial charge on any atom is -0.354 e. The zero-order valence-corrected chi connectivity index (χ0v) is 13.8. The molecule has 1 aromatic carbocycles. The van der Waals surface area contributed by atoms with Crippen LogP contribution in [0.25, 0.3) is 0 Å². The maximum absolute atomic E-state index is 13.0. The van der Waals surface area contributed by atoms with Crippen LogP contribution in [-0.2, 0) is 4.79 Å². The summed E-state index contributed by atoms with van der Waals surface area (Å²) in [5.74, 6) is -0.569. The summed E-state index contributed by atoms with van der Waals surface area (Å²) >= 11 is 0. The Bertz CT molecular complexity index is 525. The van der Waals surface area contributed by atoms with Gasteiger partial charge in [-0.3, -0.25) is 9.59 Å². The van der Waals surface area contributed by atoms with Gasteiger partial charge in [0.05, 0.1) is 0 Å². The Labute approximate surface area is 141 Å². The van der Waals surface area contributed by atoms with Crippen molar-refractivity contribution in [3.05, 3.63) is 35.6 Å². The molecule has 7 heteroatoms. The molecular weight excluding hydrogens is 321 g/mol. The minimum atomic E-state index is -0.360. The number of amides is 2. The third-order valence-corrected chi connectivity index (χ3v) is 3.89. The number of nitrogens with one attached hydrogen (secondary N) is 1. The largest absolute Gasteiger partial charge is 0.354 e. The molecule has 128 valence electrons. The number of carbonyl (C=O) groups excluding carboxylic acids is 2. The lowest BCUT2D eigenvalue weighted by Crippen LogP contribution is -2.49. The number of nitrogens with two attached hydrogens (primary N) is 1. The predicted octanol–water partition coefficient (Wildman–Crippen LogP) is 1.71. The second-order valence-corrected chi connectivity index (χ2v) is 5.50. The number of carbonyl (C=O) groups is 2. The summed E-state index contributed by atoms with van der Waals surface area (Å²) in [6, 6.07) is 5.55. The van der Waals surface area contributed by atoms with Crippen LogP contribution >= 0.6 is 12.4 Å². The summed E-state index contributed by atoms with van der Waals surface area (Å²) in [4.78, 5) is 25.9. The van der Waals surface area contributed by atoms with Gasteiger partial charge < -0.3 is 16.0 Å². The molecule has 1 aliphatic rings. The van der Waals surface area contributed by atoms with Gasteiger partial charge in [0.1, 0.15) is 5.82 Å². The topological polar surface area (TPSA) is 75.4 Å². The van der Waals surface area contributed by atoms with E-state index in [1.54, 1.807) is 4.90 Å². The van der Waals surface area contributed by atoms with E-state index in [1.807, 2.05) is 0 Å². The van der Waals surface area contributed by atoms with Crippen LogP contribution < -0.4 is 11.1 Å². The number of hydrogen-bond acceptors (Lipinski definition) is 3. The van der Waals surface area contributed by atoms with E-state index in [2.05, 4.69) is 5.32 Å². The Morgan fingerprint density at radius 3 is 2.61 bits per heavy atom. The number of benzene rings is 1. The molecule has 1 fully saturated rings. The molecule has 0 aromatic heterocycles. The standard InChI is InChI=1S/C16H22FN3O2.ClH/c17-13-6-4-12(5-7-13)16(22)20-10-2-1-3-14(20)11-19-15(21)8-9-18;/h4-7,14H,1-3,8-11,18H2,(H,19,21);1H. The SMILES string of the molecule is Cl.NCCC(=O)NCC1CCCCN1C(=O)c1ccc(F)cc1. The molecule has 0 bridgehead atoms. The van der Waals surface area contributed by atoms with Crippen molar-refractivity contribution in [1.82, 2.24) is 10.2 Å². The number of rotatable bonds is 5. The highest BCUT2D eigenvalue weighted by Gasteiger charge is 2.27. The van der Waals surface area contributed by atoms with E-state index in [-0.39, 0.29) is 36.1 Å². The molecule has 1 atom stereocenters. The fourth-order valence-electron chi connectivity index (χ4n) is 2.69. The van der Waals surface area contributed by atoms with Crippen molar-refractivity contribution in [2.24, 2.45) is 5.73 Å². The average molecular weight is 344 g/mol. The lowest BCUT2D eigenvalue weighted by Gasteiger charge is -2.36. The van der Waals surface area contributed by atoms with Crippen LogP contribution in [0.4, 0.5) is 4.39 Å². The second kappa shape index (κ2) is 9.47. The van der Waals surface area contributed by atoms with Gasteiger partial charge in [0, 0.05) is 37.7 Å². The molecule has 5 nitrogen and oxygen atoms in total. The van der Waals surface area contributed by atoms with Crippen LogP contribution in [-0.4, -0.2) is 42.4 Å². The lowest BCUT2D eigenvalue weighted by atomic mass is 10.0. The summed E-state index contributed by atoms with van der Waals surface area (Å²) in [7, 11) is 0. The Balaban J connectivity index is 0.00000264. The molecule has 0 radical (unpaired) electrons. The van der Waals surface area contributed by atoms with Gasteiger partial charge in [-0.15, -0.1) is 12.4 Å². The number of likely N-dealkylation sites (tertiary alicyclic amines) is 1. The molecule has 3 N–H and O–H groups in total. The molecular formula is C16H23ClFN3O2. The van der Waals surface area contributed by atoms with E-state index >= 15 is 0 Å². The number of piperidine rings is 1. The summed E-state index contributed by atoms with van der Waals surface area (Å²) in [5.41, 5.74) is 5.82. The van der Waals surface area contributed by atoms with E-state index in [0.717, 1.165) is 19.3 Å². The molecule has 0 aliphatic carbocycles. The first-order valence-electron chi connectivity index (χ1n) is 7.65. The molecule has 1 heterocycles. The Morgan fingerprint density at radius 1 is 1.26 bits per heavy atom. The Kier molecular flexibility index (Phi) is 7.98. The summed E-state index contributed by atoms with van der Waals surface area (Å²) in [6.45, 7) is 1.41. The van der Waals surface area contributed by atoms with Crippen LogP contribution in [0.5, 0.6) is 0 Å². The van der Waals surface area contributed by atoms with Crippen molar-refractivity contribution in [3.63, 3.8) is 0 Å². The fourth-order valence-corrected chi connectivity index (χ4v) is 2.69. The highest BCUT2D eigenvalue weighted by atomic mass is 35.5. The molecule has 0 saturated carbocycles. The quantitative estimate of drug-likeness (QED) is 0.854. The van der Waals surface area contributed by atoms with Crippen molar-refractivity contribution in [3.8, 4) is 0 Å². The Morgan fingerprint density at radius 2 is 1.96 bits per heavy atom. The number of nitrogens with zero attached hydrogens (tertiary/aromatic N) is 1. The fraction of sp³-hybridized carbons (Fsp3) is 0.500. The van der Waals surface area contributed by atoms with E-state index in [1.165, 1.54) is 24.3 Å². The van der Waals surface area contributed by atoms with Gasteiger partial charge in [-0.1, -0.05) is 0 Å². The van der Waals surface area contributed by atoms with Gasteiger partial charge in [0.25, 0.3) is 5.91 Å². The van der Waals surface area contributed by atoms with E-state index < -0.39 is 0 Å². The zero-order chi connectivity index (χ0) is 15.9. The first-order valence-corrected chi connectivity index (χ1v) is 7.65. The van der Waals surface area contributed by atoms with Crippen LogP contribution in [0.15, 0.2) is 24.3 Å². The van der Waals surface area contributed by atoms with Crippen molar-refractivity contribution in [1.29, 1.82) is 0 Å². The molecule has 1 saturated heterocycles. The van der Waals surface area contributed by atoms with Crippen LogP contribution in [0, 0.1) is 5.82 Å². The lowest BCUT2D eigenvalue weighted by molar-refractivity contribution is -0.121. The number of halogens is 2. The van der Waals surface area contributed by atoms with Crippen LogP contribution in [0.2, 0.25) is 0 Å². The predicted molar refractivity (Wildman–Crippen MR) is 89.0 cm³/mol. The van der Waals surface area contributed by atoms with Crippen LogP contribution in [0.1, 0.15) is 36.0 Å². The molecule has 23 heavy (non-hydrogen) atoms. The van der Waals surface area contributed by atoms with Crippen molar-refractivity contribution in [2.45, 2.75) is 31.7 Å². The van der Waals surface area contributed by atoms with Crippen molar-refractivity contribution < 1.29 is 14.0 Å². The van der Waals surface area contributed by atoms with Crippen LogP contribution in [0.3, 0.4) is 0 Å². The third kappa shape index (κ3) is 5.48. The second-order valence-electron chi connectivity index (χ2n) is 5.50. The summed E-state index contributed by atoms with van der Waals surface area (Å²) in [6.07, 6.45) is 3.12. The first kappa shape index (κ1) is 19.4.